The number of nitrogens with zero attached hydrogens (tertiary/aromatic N) is 4. The fourth-order valence-electron chi connectivity index (χ4n) is 4.53. The third-order valence-electron chi connectivity index (χ3n) is 5.77. The first-order valence-electron chi connectivity index (χ1n) is 9.03. The largest absolute Gasteiger partial charge is 0.370 e. The third-order valence-corrected chi connectivity index (χ3v) is 5.77. The predicted octanol–water partition coefficient (Wildman–Crippen LogP) is 2.55. The summed E-state index contributed by atoms with van der Waals surface area (Å²) in [5.41, 5.74) is 3.50. The first kappa shape index (κ1) is 15.4. The Bertz CT molecular complexity index is 719. The molecule has 1 saturated carbocycles. The van der Waals surface area contributed by atoms with Crippen LogP contribution in [0.15, 0.2) is 6.07 Å². The summed E-state index contributed by atoms with van der Waals surface area (Å²) in [5, 5.41) is 9.54. The van der Waals surface area contributed by atoms with E-state index in [-0.39, 0.29) is 0 Å². The van der Waals surface area contributed by atoms with Crippen molar-refractivity contribution in [2.45, 2.75) is 58.0 Å². The van der Waals surface area contributed by atoms with Crippen molar-refractivity contribution in [1.82, 2.24) is 9.88 Å². The summed E-state index contributed by atoms with van der Waals surface area (Å²) in [4.78, 5) is 21.3. The molecular weight excluding hydrogens is 300 g/mol. The molecule has 3 aliphatic rings. The zero-order valence-electron chi connectivity index (χ0n) is 14.5. The number of hydrogen-bond donors (Lipinski definition) is 0. The van der Waals surface area contributed by atoms with Gasteiger partial charge in [-0.1, -0.05) is 0 Å². The first-order chi connectivity index (χ1) is 11.6. The van der Waals surface area contributed by atoms with Crippen LogP contribution in [-0.2, 0) is 4.79 Å². The number of pyridine rings is 1. The Morgan fingerprint density at radius 2 is 2.04 bits per heavy atom. The lowest BCUT2D eigenvalue weighted by Crippen LogP contribution is -2.56. The molecule has 0 spiro atoms. The van der Waals surface area contributed by atoms with Crippen LogP contribution in [0.25, 0.3) is 0 Å². The number of likely N-dealkylation sites (tertiary alicyclic amines) is 1. The molecule has 2 atom stereocenters. The van der Waals surface area contributed by atoms with Crippen LogP contribution in [0.4, 0.5) is 5.69 Å². The van der Waals surface area contributed by atoms with E-state index in [1.807, 2.05) is 19.9 Å². The highest BCUT2D eigenvalue weighted by atomic mass is 16.2. The van der Waals surface area contributed by atoms with Crippen LogP contribution in [0.5, 0.6) is 0 Å². The second-order valence-corrected chi connectivity index (χ2v) is 7.49. The molecule has 0 unspecified atom stereocenters. The van der Waals surface area contributed by atoms with E-state index >= 15 is 0 Å². The molecule has 126 valence electrons. The molecule has 1 amide bonds. The summed E-state index contributed by atoms with van der Waals surface area (Å²) in [6.45, 7) is 5.75. The van der Waals surface area contributed by atoms with Crippen molar-refractivity contribution in [2.24, 2.45) is 5.92 Å². The Morgan fingerprint density at radius 3 is 2.75 bits per heavy atom. The van der Waals surface area contributed by atoms with Crippen LogP contribution in [0.1, 0.15) is 49.1 Å². The highest BCUT2D eigenvalue weighted by Crippen LogP contribution is 2.40. The summed E-state index contributed by atoms with van der Waals surface area (Å²) in [6, 6.07) is 5.29. The average Bonchev–Trinajstić information content (AvgIpc) is 3.38. The van der Waals surface area contributed by atoms with E-state index in [9.17, 15) is 10.1 Å². The smallest absolute Gasteiger partial charge is 0.223 e. The molecule has 24 heavy (non-hydrogen) atoms. The van der Waals surface area contributed by atoms with Crippen molar-refractivity contribution >= 4 is 11.6 Å². The Morgan fingerprint density at radius 1 is 1.25 bits per heavy atom. The van der Waals surface area contributed by atoms with Gasteiger partial charge in [-0.15, -0.1) is 0 Å². The molecule has 3 heterocycles. The lowest BCUT2D eigenvalue weighted by molar-refractivity contribution is -0.140. The second kappa shape index (κ2) is 5.77. The first-order valence-corrected chi connectivity index (χ1v) is 9.03. The number of aryl methyl sites for hydroxylation is 2. The quantitative estimate of drug-likeness (QED) is 0.839. The zero-order valence-corrected chi connectivity index (χ0v) is 14.5. The van der Waals surface area contributed by atoms with Crippen molar-refractivity contribution in [3.05, 3.63) is 23.0 Å². The van der Waals surface area contributed by atoms with Gasteiger partial charge in [-0.3, -0.25) is 9.78 Å². The maximum Gasteiger partial charge on any atom is 0.223 e. The topological polar surface area (TPSA) is 60.2 Å². The molecule has 1 aromatic heterocycles. The number of amides is 1. The summed E-state index contributed by atoms with van der Waals surface area (Å²) in [7, 11) is 0. The molecule has 1 aliphatic carbocycles. The minimum Gasteiger partial charge on any atom is -0.370 e. The van der Waals surface area contributed by atoms with Gasteiger partial charge in [0.25, 0.3) is 0 Å². The minimum absolute atomic E-state index is 0.362. The standard InChI is InChI=1S/C19H24N4O/c1-12-9-18(16(10-20)13(2)21-12)22-8-7-17-14(11-22)3-6-19(24)23(17)15-4-5-15/h9,14-15,17H,3-8,11H2,1-2H3/t14-,17+/m1/s1. The minimum atomic E-state index is 0.362. The summed E-state index contributed by atoms with van der Waals surface area (Å²) >= 11 is 0. The van der Waals surface area contributed by atoms with Gasteiger partial charge in [0.1, 0.15) is 6.07 Å². The second-order valence-electron chi connectivity index (χ2n) is 7.49. The number of aromatic nitrogens is 1. The van der Waals surface area contributed by atoms with Crippen molar-refractivity contribution in [1.29, 1.82) is 5.26 Å². The van der Waals surface area contributed by atoms with Crippen molar-refractivity contribution < 1.29 is 4.79 Å². The fraction of sp³-hybridized carbons (Fsp3) is 0.632. The van der Waals surface area contributed by atoms with Gasteiger partial charge in [-0.2, -0.15) is 5.26 Å². The maximum absolute atomic E-state index is 12.3. The fourth-order valence-corrected chi connectivity index (χ4v) is 4.53. The zero-order chi connectivity index (χ0) is 16.8. The number of rotatable bonds is 2. The molecule has 5 heteroatoms. The Balaban J connectivity index is 1.59. The van der Waals surface area contributed by atoms with E-state index in [4.69, 9.17) is 0 Å². The summed E-state index contributed by atoms with van der Waals surface area (Å²) in [5.74, 6) is 0.887. The number of nitriles is 1. The van der Waals surface area contributed by atoms with Crippen LogP contribution in [-0.4, -0.2) is 41.0 Å². The molecular formula is C19H24N4O. The van der Waals surface area contributed by atoms with E-state index < -0.39 is 0 Å². The molecule has 2 aliphatic heterocycles. The van der Waals surface area contributed by atoms with Crippen LogP contribution in [0.2, 0.25) is 0 Å². The van der Waals surface area contributed by atoms with Gasteiger partial charge in [-0.05, 0) is 51.5 Å². The van der Waals surface area contributed by atoms with E-state index in [0.29, 0.717) is 35.9 Å². The van der Waals surface area contributed by atoms with E-state index in [1.165, 1.54) is 12.8 Å². The molecule has 0 N–H and O–H groups in total. The van der Waals surface area contributed by atoms with E-state index in [1.54, 1.807) is 0 Å². The van der Waals surface area contributed by atoms with Gasteiger partial charge in [0.05, 0.1) is 16.9 Å². The monoisotopic (exact) mass is 324 g/mol. The lowest BCUT2D eigenvalue weighted by atomic mass is 9.83. The molecule has 1 aromatic rings. The lowest BCUT2D eigenvalue weighted by Gasteiger charge is -2.48. The normalized spacial score (nSPS) is 27.0. The van der Waals surface area contributed by atoms with Crippen molar-refractivity contribution in [2.75, 3.05) is 18.0 Å². The number of carbonyl (C=O) groups is 1. The molecule has 3 fully saturated rings. The van der Waals surface area contributed by atoms with E-state index in [2.05, 4.69) is 20.9 Å². The molecule has 0 radical (unpaired) electrons. The number of piperidine rings is 2. The molecule has 2 saturated heterocycles. The number of anilines is 1. The summed E-state index contributed by atoms with van der Waals surface area (Å²) < 4.78 is 0. The van der Waals surface area contributed by atoms with Gasteiger partial charge in [-0.25, -0.2) is 0 Å². The molecule has 0 aromatic carbocycles. The Labute approximate surface area is 143 Å². The number of fused-ring (bicyclic) bond motifs is 1. The van der Waals surface area contributed by atoms with Crippen molar-refractivity contribution in [3.63, 3.8) is 0 Å². The van der Waals surface area contributed by atoms with Gasteiger partial charge in [0, 0.05) is 37.3 Å². The Hall–Kier alpha value is -2.09. The number of hydrogen-bond acceptors (Lipinski definition) is 4. The van der Waals surface area contributed by atoms with Crippen LogP contribution in [0.3, 0.4) is 0 Å². The molecule has 5 nitrogen and oxygen atoms in total. The maximum atomic E-state index is 12.3. The highest BCUT2D eigenvalue weighted by Gasteiger charge is 2.45. The average molecular weight is 324 g/mol. The van der Waals surface area contributed by atoms with Gasteiger partial charge >= 0.3 is 0 Å². The van der Waals surface area contributed by atoms with E-state index in [0.717, 1.165) is 43.0 Å². The van der Waals surface area contributed by atoms with Crippen LogP contribution >= 0.6 is 0 Å². The predicted molar refractivity (Wildman–Crippen MR) is 91.6 cm³/mol. The van der Waals surface area contributed by atoms with Gasteiger partial charge in [0.2, 0.25) is 5.91 Å². The summed E-state index contributed by atoms with van der Waals surface area (Å²) in [6.07, 6.45) is 5.04. The van der Waals surface area contributed by atoms with Gasteiger partial charge < -0.3 is 9.80 Å². The SMILES string of the molecule is Cc1cc(N2CC[C@H]3[C@H](CCC(=O)N3C3CC3)C2)c(C#N)c(C)n1. The number of carbonyl (C=O) groups excluding carboxylic acids is 1. The van der Waals surface area contributed by atoms with Gasteiger partial charge in [0.15, 0.2) is 0 Å². The third kappa shape index (κ3) is 2.54. The highest BCUT2D eigenvalue weighted by molar-refractivity contribution is 5.78. The molecule has 4 rings (SSSR count). The Kier molecular flexibility index (Phi) is 3.71. The van der Waals surface area contributed by atoms with Crippen molar-refractivity contribution in [3.8, 4) is 6.07 Å². The van der Waals surface area contributed by atoms with Crippen LogP contribution in [0, 0.1) is 31.1 Å². The molecule has 0 bridgehead atoms. The van der Waals surface area contributed by atoms with Crippen LogP contribution < -0.4 is 4.90 Å².